The van der Waals surface area contributed by atoms with Gasteiger partial charge in [-0.2, -0.15) is 0 Å². The van der Waals surface area contributed by atoms with Gasteiger partial charge in [0.05, 0.1) is 26.4 Å². The van der Waals surface area contributed by atoms with Crippen molar-refractivity contribution in [3.05, 3.63) is 60.8 Å². The van der Waals surface area contributed by atoms with Gasteiger partial charge in [-0.1, -0.05) is 190 Å². The first-order valence-electron chi connectivity index (χ1n) is 24.8. The molecule has 0 aliphatic rings. The smallest absolute Gasteiger partial charge is 0.457 e. The van der Waals surface area contributed by atoms with Gasteiger partial charge in [0.2, 0.25) is 0 Å². The summed E-state index contributed by atoms with van der Waals surface area (Å²) in [6, 6.07) is 0. The van der Waals surface area contributed by atoms with Gasteiger partial charge in [0.1, 0.15) is 12.2 Å². The van der Waals surface area contributed by atoms with E-state index in [0.717, 1.165) is 77.0 Å². The minimum Gasteiger partial charge on any atom is -0.457 e. The Morgan fingerprint density at radius 3 is 1.43 bits per heavy atom. The third kappa shape index (κ3) is 47.5. The van der Waals surface area contributed by atoms with Gasteiger partial charge in [-0.3, -0.25) is 13.8 Å². The van der Waals surface area contributed by atoms with Crippen molar-refractivity contribution >= 4 is 13.8 Å². The SMILES string of the molecule is CC/C=C\C/C=C\C/C=C\C/C=C\CCCCCCCCCCC(=O)OC(COCCCCCCCCCC/C=C\CCCCCCCCC)COP(=O)(O)OCC(O)CO. The van der Waals surface area contributed by atoms with E-state index < -0.39 is 39.2 Å². The van der Waals surface area contributed by atoms with Crippen molar-refractivity contribution in [2.24, 2.45) is 0 Å². The average molecular weight is 881 g/mol. The third-order valence-corrected chi connectivity index (χ3v) is 11.4. The standard InChI is InChI=1S/C51H93O9P/c1-3-5-7-9-11-13-15-17-19-21-23-24-25-27-29-31-33-35-37-39-41-43-51(54)60-50(48-59-61(55,56)58-46-49(53)45-52)47-57-44-42-40-38-36-34-32-30-28-26-22-20-18-16-14-12-10-8-6-4-2/h5,7,11,13,17,19-20,22-24,49-50,52-53H,3-4,6,8-10,12,14-16,18,21,25-48H2,1-2H3,(H,55,56)/b7-5-,13-11-,19-17-,22-20-,24-23-. The average Bonchev–Trinajstić information content (AvgIpc) is 3.25. The second kappa shape index (κ2) is 47.6. The summed E-state index contributed by atoms with van der Waals surface area (Å²) < 4.78 is 33.5. The summed E-state index contributed by atoms with van der Waals surface area (Å²) >= 11 is 0. The minimum absolute atomic E-state index is 0.0424. The number of rotatable bonds is 47. The Labute approximate surface area is 374 Å². The van der Waals surface area contributed by atoms with Gasteiger partial charge < -0.3 is 24.6 Å². The summed E-state index contributed by atoms with van der Waals surface area (Å²) in [4.78, 5) is 22.7. The van der Waals surface area contributed by atoms with E-state index in [-0.39, 0.29) is 19.6 Å². The lowest BCUT2D eigenvalue weighted by molar-refractivity contribution is -0.154. The lowest BCUT2D eigenvalue weighted by Gasteiger charge is -2.20. The third-order valence-electron chi connectivity index (χ3n) is 10.4. The summed E-state index contributed by atoms with van der Waals surface area (Å²) in [6.45, 7) is 3.40. The van der Waals surface area contributed by atoms with Crippen LogP contribution in [0.15, 0.2) is 60.8 Å². The molecule has 0 amide bonds. The van der Waals surface area contributed by atoms with Crippen LogP contribution in [-0.2, 0) is 27.9 Å². The van der Waals surface area contributed by atoms with Crippen LogP contribution in [0.3, 0.4) is 0 Å². The summed E-state index contributed by atoms with van der Waals surface area (Å²) in [7, 11) is -4.53. The number of carbonyl (C=O) groups is 1. The Bertz CT molecular complexity index is 1140. The topological polar surface area (TPSA) is 132 Å². The number of aliphatic hydroxyl groups excluding tert-OH is 2. The molecule has 0 bridgehead atoms. The number of phosphoric ester groups is 1. The first-order valence-corrected chi connectivity index (χ1v) is 26.3. The molecule has 0 rings (SSSR count). The number of allylic oxidation sites excluding steroid dienone is 10. The highest BCUT2D eigenvalue weighted by Crippen LogP contribution is 2.43. The fourth-order valence-electron chi connectivity index (χ4n) is 6.70. The van der Waals surface area contributed by atoms with Gasteiger partial charge >= 0.3 is 13.8 Å². The minimum atomic E-state index is -4.53. The van der Waals surface area contributed by atoms with E-state index in [0.29, 0.717) is 6.61 Å². The molecule has 0 saturated heterocycles. The molecule has 0 aliphatic carbocycles. The van der Waals surface area contributed by atoms with Crippen molar-refractivity contribution in [1.29, 1.82) is 0 Å². The molecule has 9 nitrogen and oxygen atoms in total. The van der Waals surface area contributed by atoms with E-state index in [9.17, 15) is 19.4 Å². The lowest BCUT2D eigenvalue weighted by atomic mass is 10.1. The number of esters is 1. The van der Waals surface area contributed by atoms with Crippen LogP contribution in [0.25, 0.3) is 0 Å². The number of aliphatic hydroxyl groups is 2. The van der Waals surface area contributed by atoms with Gasteiger partial charge in [-0.25, -0.2) is 4.57 Å². The molecular weight excluding hydrogens is 788 g/mol. The largest absolute Gasteiger partial charge is 0.472 e. The number of hydrogen-bond donors (Lipinski definition) is 3. The first kappa shape index (κ1) is 59.2. The molecule has 0 fully saturated rings. The van der Waals surface area contributed by atoms with Crippen LogP contribution >= 0.6 is 7.82 Å². The highest BCUT2D eigenvalue weighted by atomic mass is 31.2. The molecule has 0 aliphatic heterocycles. The van der Waals surface area contributed by atoms with E-state index in [4.69, 9.17) is 23.6 Å². The van der Waals surface area contributed by atoms with Crippen molar-refractivity contribution < 1.29 is 43.0 Å². The predicted molar refractivity (Wildman–Crippen MR) is 256 cm³/mol. The van der Waals surface area contributed by atoms with Crippen LogP contribution in [0.5, 0.6) is 0 Å². The molecule has 0 heterocycles. The van der Waals surface area contributed by atoms with Crippen LogP contribution < -0.4 is 0 Å². The molecule has 0 aromatic rings. The molecule has 0 spiro atoms. The zero-order valence-electron chi connectivity index (χ0n) is 39.1. The van der Waals surface area contributed by atoms with Gasteiger partial charge in [-0.15, -0.1) is 0 Å². The number of hydrogen-bond acceptors (Lipinski definition) is 8. The Hall–Kier alpha value is -1.84. The maximum absolute atomic E-state index is 12.7. The molecule has 0 radical (unpaired) electrons. The van der Waals surface area contributed by atoms with Crippen molar-refractivity contribution in [3.8, 4) is 0 Å². The molecule has 356 valence electrons. The van der Waals surface area contributed by atoms with Gasteiger partial charge in [0, 0.05) is 13.0 Å². The predicted octanol–water partition coefficient (Wildman–Crippen LogP) is 14.3. The van der Waals surface area contributed by atoms with E-state index in [1.807, 2.05) is 0 Å². The summed E-state index contributed by atoms with van der Waals surface area (Å²) in [5.41, 5.74) is 0. The van der Waals surface area contributed by atoms with Crippen molar-refractivity contribution in [2.75, 3.05) is 33.0 Å². The van der Waals surface area contributed by atoms with Crippen LogP contribution in [0, 0.1) is 0 Å². The van der Waals surface area contributed by atoms with Crippen LogP contribution in [0.2, 0.25) is 0 Å². The molecule has 61 heavy (non-hydrogen) atoms. The quantitative estimate of drug-likeness (QED) is 0.0237. The summed E-state index contributed by atoms with van der Waals surface area (Å²) in [6.07, 6.45) is 56.1. The Morgan fingerprint density at radius 1 is 0.525 bits per heavy atom. The zero-order chi connectivity index (χ0) is 44.6. The zero-order valence-corrected chi connectivity index (χ0v) is 40.0. The Kier molecular flexibility index (Phi) is 46.2. The molecule has 3 atom stereocenters. The van der Waals surface area contributed by atoms with Crippen LogP contribution in [0.1, 0.15) is 213 Å². The molecule has 0 saturated carbocycles. The number of phosphoric acid groups is 1. The van der Waals surface area contributed by atoms with Crippen LogP contribution in [0.4, 0.5) is 0 Å². The van der Waals surface area contributed by atoms with E-state index >= 15 is 0 Å². The maximum Gasteiger partial charge on any atom is 0.472 e. The van der Waals surface area contributed by atoms with Gasteiger partial charge in [0.15, 0.2) is 0 Å². The molecular formula is C51H93O9P. The molecule has 10 heteroatoms. The van der Waals surface area contributed by atoms with Crippen molar-refractivity contribution in [2.45, 2.75) is 225 Å². The van der Waals surface area contributed by atoms with Crippen molar-refractivity contribution in [3.63, 3.8) is 0 Å². The van der Waals surface area contributed by atoms with Crippen molar-refractivity contribution in [1.82, 2.24) is 0 Å². The summed E-state index contributed by atoms with van der Waals surface area (Å²) in [5.74, 6) is -0.392. The second-order valence-electron chi connectivity index (χ2n) is 16.4. The summed E-state index contributed by atoms with van der Waals surface area (Å²) in [5, 5.41) is 18.4. The number of carbonyl (C=O) groups excluding carboxylic acids is 1. The number of unbranched alkanes of at least 4 members (excludes halogenated alkanes) is 23. The fraction of sp³-hybridized carbons (Fsp3) is 0.784. The fourth-order valence-corrected chi connectivity index (χ4v) is 7.48. The lowest BCUT2D eigenvalue weighted by Crippen LogP contribution is -2.29. The molecule has 3 unspecified atom stereocenters. The van der Waals surface area contributed by atoms with E-state index in [2.05, 4.69) is 74.6 Å². The van der Waals surface area contributed by atoms with E-state index in [1.165, 1.54) is 116 Å². The molecule has 0 aromatic heterocycles. The van der Waals surface area contributed by atoms with Gasteiger partial charge in [0.25, 0.3) is 0 Å². The second-order valence-corrected chi connectivity index (χ2v) is 17.9. The Morgan fingerprint density at radius 2 is 0.934 bits per heavy atom. The highest BCUT2D eigenvalue weighted by Gasteiger charge is 2.26. The maximum atomic E-state index is 12.7. The van der Waals surface area contributed by atoms with E-state index in [1.54, 1.807) is 0 Å². The Balaban J connectivity index is 4.12. The first-order chi connectivity index (χ1) is 29.8. The van der Waals surface area contributed by atoms with Gasteiger partial charge in [-0.05, 0) is 77.0 Å². The number of ether oxygens (including phenoxy) is 2. The normalized spacial score (nSPS) is 14.4. The molecule has 0 aromatic carbocycles. The monoisotopic (exact) mass is 881 g/mol. The van der Waals surface area contributed by atoms with Crippen LogP contribution in [-0.4, -0.2) is 66.3 Å². The molecule has 3 N–H and O–H groups in total. The highest BCUT2D eigenvalue weighted by molar-refractivity contribution is 7.47.